The van der Waals surface area contributed by atoms with Crippen LogP contribution in [-0.2, 0) is 10.0 Å². The highest BCUT2D eigenvalue weighted by atomic mass is 35.5. The Morgan fingerprint density at radius 1 is 0.906 bits per heavy atom. The summed E-state index contributed by atoms with van der Waals surface area (Å²) in [6.07, 6.45) is 0. The van der Waals surface area contributed by atoms with Gasteiger partial charge in [0, 0.05) is 23.7 Å². The van der Waals surface area contributed by atoms with E-state index >= 15 is 0 Å². The molecule has 0 aliphatic rings. The van der Waals surface area contributed by atoms with Gasteiger partial charge in [0.1, 0.15) is 0 Å². The fraction of sp³-hybridized carbons (Fsp3) is 0.136. The molecule has 1 amide bonds. The minimum atomic E-state index is -3.88. The number of ether oxygens (including phenoxy) is 2. The molecule has 7 nitrogen and oxygen atoms in total. The number of methoxy groups -OCH3 is 2. The van der Waals surface area contributed by atoms with Crippen molar-refractivity contribution in [1.82, 2.24) is 0 Å². The highest BCUT2D eigenvalue weighted by molar-refractivity contribution is 7.92. The molecule has 0 saturated heterocycles. The average molecular weight is 495 g/mol. The van der Waals surface area contributed by atoms with Gasteiger partial charge in [0.2, 0.25) is 0 Å². The van der Waals surface area contributed by atoms with Gasteiger partial charge < -0.3 is 14.8 Å². The Hall–Kier alpha value is -2.94. The zero-order valence-corrected chi connectivity index (χ0v) is 19.8. The molecular weight excluding hydrogens is 475 g/mol. The van der Waals surface area contributed by atoms with E-state index in [2.05, 4.69) is 5.32 Å². The molecule has 0 radical (unpaired) electrons. The number of halogens is 2. The van der Waals surface area contributed by atoms with E-state index in [1.165, 1.54) is 63.7 Å². The van der Waals surface area contributed by atoms with Crippen LogP contribution in [0.5, 0.6) is 11.5 Å². The fourth-order valence-electron chi connectivity index (χ4n) is 2.88. The molecule has 0 heterocycles. The number of nitrogens with zero attached hydrogens (tertiary/aromatic N) is 1. The second-order valence-electron chi connectivity index (χ2n) is 6.61. The quantitative estimate of drug-likeness (QED) is 0.494. The van der Waals surface area contributed by atoms with Crippen LogP contribution in [0.4, 0.5) is 11.4 Å². The van der Waals surface area contributed by atoms with E-state index < -0.39 is 15.9 Å². The standard InChI is InChI=1S/C22H20Cl2N2O5S/c1-26(32(28,29)17-9-11-20(30-2)21(13-17)31-3)16-7-4-14(5-8-16)22(27)25-19-12-15(23)6-10-18(19)24/h4-13H,1-3H3,(H,25,27). The third-order valence-electron chi connectivity index (χ3n) is 4.68. The van der Waals surface area contributed by atoms with E-state index in [0.29, 0.717) is 38.5 Å². The minimum Gasteiger partial charge on any atom is -0.493 e. The van der Waals surface area contributed by atoms with Gasteiger partial charge in [-0.05, 0) is 54.6 Å². The van der Waals surface area contributed by atoms with Gasteiger partial charge in [0.25, 0.3) is 15.9 Å². The summed E-state index contributed by atoms with van der Waals surface area (Å²) in [6.45, 7) is 0. The molecule has 0 aromatic heterocycles. The van der Waals surface area contributed by atoms with Crippen molar-refractivity contribution in [2.24, 2.45) is 0 Å². The average Bonchev–Trinajstić information content (AvgIpc) is 2.80. The van der Waals surface area contributed by atoms with Gasteiger partial charge in [-0.1, -0.05) is 23.2 Å². The van der Waals surface area contributed by atoms with Crippen molar-refractivity contribution in [3.63, 3.8) is 0 Å². The topological polar surface area (TPSA) is 84.9 Å². The number of rotatable bonds is 7. The third kappa shape index (κ3) is 4.93. The summed E-state index contributed by atoms with van der Waals surface area (Å²) in [4.78, 5) is 12.6. The molecular formula is C22H20Cl2N2O5S. The van der Waals surface area contributed by atoms with Crippen LogP contribution in [0.3, 0.4) is 0 Å². The predicted octanol–water partition coefficient (Wildman–Crippen LogP) is 5.09. The van der Waals surface area contributed by atoms with Gasteiger partial charge in [-0.25, -0.2) is 8.42 Å². The van der Waals surface area contributed by atoms with Crippen LogP contribution in [0, 0.1) is 0 Å². The van der Waals surface area contributed by atoms with Crippen LogP contribution in [0.25, 0.3) is 0 Å². The van der Waals surface area contributed by atoms with Gasteiger partial charge in [-0.15, -0.1) is 0 Å². The molecule has 32 heavy (non-hydrogen) atoms. The number of benzene rings is 3. The van der Waals surface area contributed by atoms with Crippen molar-refractivity contribution in [3.8, 4) is 11.5 Å². The Morgan fingerprint density at radius 2 is 1.56 bits per heavy atom. The normalized spacial score (nSPS) is 11.0. The van der Waals surface area contributed by atoms with Crippen molar-refractivity contribution in [2.45, 2.75) is 4.90 Å². The van der Waals surface area contributed by atoms with Gasteiger partial charge in [-0.3, -0.25) is 9.10 Å². The number of hydrogen-bond acceptors (Lipinski definition) is 5. The maximum atomic E-state index is 13.1. The lowest BCUT2D eigenvalue weighted by molar-refractivity contribution is 0.102. The summed E-state index contributed by atoms with van der Waals surface area (Å²) in [7, 11) is 0.444. The number of carbonyl (C=O) groups is 1. The summed E-state index contributed by atoms with van der Waals surface area (Å²) in [5.74, 6) is 0.309. The summed E-state index contributed by atoms with van der Waals surface area (Å²) < 4.78 is 37.6. The molecule has 0 aliphatic heterocycles. The van der Waals surface area contributed by atoms with Crippen LogP contribution < -0.4 is 19.1 Å². The monoisotopic (exact) mass is 494 g/mol. The van der Waals surface area contributed by atoms with E-state index in [4.69, 9.17) is 32.7 Å². The Bertz CT molecular complexity index is 1250. The Kier molecular flexibility index (Phi) is 7.18. The fourth-order valence-corrected chi connectivity index (χ4v) is 4.43. The van der Waals surface area contributed by atoms with Crippen LogP contribution in [0.1, 0.15) is 10.4 Å². The van der Waals surface area contributed by atoms with Gasteiger partial charge in [0.05, 0.1) is 35.5 Å². The molecule has 0 fully saturated rings. The summed E-state index contributed by atoms with van der Waals surface area (Å²) in [6, 6.07) is 15.2. The number of amides is 1. The molecule has 3 aromatic carbocycles. The molecule has 0 saturated carbocycles. The highest BCUT2D eigenvalue weighted by Gasteiger charge is 2.23. The SMILES string of the molecule is COc1ccc(S(=O)(=O)N(C)c2ccc(C(=O)Nc3cc(Cl)ccc3Cl)cc2)cc1OC. The molecule has 168 valence electrons. The van der Waals surface area contributed by atoms with Crippen molar-refractivity contribution in [1.29, 1.82) is 0 Å². The largest absolute Gasteiger partial charge is 0.493 e. The van der Waals surface area contributed by atoms with E-state index in [-0.39, 0.29) is 4.90 Å². The van der Waals surface area contributed by atoms with Gasteiger partial charge >= 0.3 is 0 Å². The summed E-state index contributed by atoms with van der Waals surface area (Å²) >= 11 is 12.0. The number of sulfonamides is 1. The summed E-state index contributed by atoms with van der Waals surface area (Å²) in [5.41, 5.74) is 1.07. The maximum absolute atomic E-state index is 13.1. The number of carbonyl (C=O) groups excluding carboxylic acids is 1. The van der Waals surface area contributed by atoms with Crippen LogP contribution in [0.2, 0.25) is 10.0 Å². The molecule has 1 N–H and O–H groups in total. The second-order valence-corrected chi connectivity index (χ2v) is 9.43. The summed E-state index contributed by atoms with van der Waals surface area (Å²) in [5, 5.41) is 3.46. The first-order valence-electron chi connectivity index (χ1n) is 9.25. The van der Waals surface area contributed by atoms with E-state index in [1.807, 2.05) is 0 Å². The molecule has 10 heteroatoms. The third-order valence-corrected chi connectivity index (χ3v) is 7.03. The lowest BCUT2D eigenvalue weighted by Gasteiger charge is -2.20. The van der Waals surface area contributed by atoms with Gasteiger partial charge in [-0.2, -0.15) is 0 Å². The smallest absolute Gasteiger partial charge is 0.264 e. The number of hydrogen-bond donors (Lipinski definition) is 1. The molecule has 0 spiro atoms. The van der Waals surface area contributed by atoms with Crippen molar-refractivity contribution < 1.29 is 22.7 Å². The van der Waals surface area contributed by atoms with Crippen LogP contribution in [0.15, 0.2) is 65.6 Å². The molecule has 0 atom stereocenters. The molecule has 3 aromatic rings. The molecule has 0 unspecified atom stereocenters. The first kappa shape index (κ1) is 23.7. The van der Waals surface area contributed by atoms with E-state index in [9.17, 15) is 13.2 Å². The Morgan fingerprint density at radius 3 is 2.19 bits per heavy atom. The maximum Gasteiger partial charge on any atom is 0.264 e. The zero-order valence-electron chi connectivity index (χ0n) is 17.4. The minimum absolute atomic E-state index is 0.0371. The van der Waals surface area contributed by atoms with Crippen molar-refractivity contribution in [3.05, 3.63) is 76.3 Å². The lowest BCUT2D eigenvalue weighted by Crippen LogP contribution is -2.26. The van der Waals surface area contributed by atoms with E-state index in [0.717, 1.165) is 4.31 Å². The number of anilines is 2. The van der Waals surface area contributed by atoms with Crippen LogP contribution >= 0.6 is 23.2 Å². The molecule has 3 rings (SSSR count). The first-order valence-corrected chi connectivity index (χ1v) is 11.4. The molecule has 0 bridgehead atoms. The highest BCUT2D eigenvalue weighted by Crippen LogP contribution is 2.32. The second kappa shape index (κ2) is 9.68. The lowest BCUT2D eigenvalue weighted by atomic mass is 10.2. The van der Waals surface area contributed by atoms with Crippen LogP contribution in [-0.4, -0.2) is 35.6 Å². The first-order chi connectivity index (χ1) is 15.2. The van der Waals surface area contributed by atoms with E-state index in [1.54, 1.807) is 18.2 Å². The Balaban J connectivity index is 1.82. The predicted molar refractivity (Wildman–Crippen MR) is 126 cm³/mol. The Labute approximate surface area is 196 Å². The van der Waals surface area contributed by atoms with Crippen molar-refractivity contribution >= 4 is 50.5 Å². The van der Waals surface area contributed by atoms with Crippen molar-refractivity contribution in [2.75, 3.05) is 30.9 Å². The van der Waals surface area contributed by atoms with Gasteiger partial charge in [0.15, 0.2) is 11.5 Å². The number of nitrogens with one attached hydrogen (secondary N) is 1. The molecule has 0 aliphatic carbocycles. The zero-order chi connectivity index (χ0) is 23.5.